The SMILES string of the molecule is CC(c1ccc(OCC2CO2)cc1)(c1ccc(OCC2CO2)cc1)c1ccc(OCC2CO2)cc1.COCN(COC)c1nc(N(COC)COC)nc(N(COC)COC)n1.COCN1C(=O)N(COC)C2C1N(COC)C(=O)N2COC. The third-order valence-electron chi connectivity index (χ3n) is 13.6. The molecule has 3 atom stereocenters. The van der Waals surface area contributed by atoms with Gasteiger partial charge < -0.3 is 75.8 Å². The van der Waals surface area contributed by atoms with Gasteiger partial charge in [-0.25, -0.2) is 9.59 Å². The van der Waals surface area contributed by atoms with Crippen LogP contribution >= 0.6 is 0 Å². The molecule has 28 heteroatoms. The minimum atomic E-state index is -0.523. The highest BCUT2D eigenvalue weighted by Crippen LogP contribution is 2.41. The van der Waals surface area contributed by atoms with Gasteiger partial charge in [0.2, 0.25) is 17.8 Å². The number of amides is 4. The second kappa shape index (κ2) is 32.7. The predicted octanol–water partition coefficient (Wildman–Crippen LogP) is 3.82. The molecule has 6 heterocycles. The quantitative estimate of drug-likeness (QED) is 0.0361. The van der Waals surface area contributed by atoms with E-state index in [2.05, 4.69) is 58.3 Å². The summed E-state index contributed by atoms with van der Waals surface area (Å²) in [6.07, 6.45) is -0.339. The molecule has 4 amide bonds. The number of ether oxygens (including phenoxy) is 16. The summed E-state index contributed by atoms with van der Waals surface area (Å²) in [6, 6.07) is 24.6. The minimum absolute atomic E-state index is 0.0640. The molecule has 9 rings (SSSR count). The number of nitrogens with zero attached hydrogens (tertiary/aromatic N) is 10. The van der Waals surface area contributed by atoms with Gasteiger partial charge in [-0.05, 0) is 60.0 Å². The number of benzene rings is 3. The molecule has 1 aromatic heterocycles. The van der Waals surface area contributed by atoms with Crippen molar-refractivity contribution in [2.75, 3.05) is 193 Å². The van der Waals surface area contributed by atoms with Crippen LogP contribution in [0.4, 0.5) is 27.4 Å². The maximum absolute atomic E-state index is 12.6. The molecule has 5 saturated heterocycles. The molecule has 0 aliphatic carbocycles. The summed E-state index contributed by atoms with van der Waals surface area (Å²) in [6.45, 7) is 8.07. The summed E-state index contributed by atoms with van der Waals surface area (Å²) in [5.41, 5.74) is 3.14. The first-order valence-corrected chi connectivity index (χ1v) is 27.0. The number of methoxy groups -OCH3 is 10. The van der Waals surface area contributed by atoms with E-state index in [0.29, 0.717) is 37.7 Å². The van der Waals surface area contributed by atoms with Crippen molar-refractivity contribution in [1.82, 2.24) is 34.6 Å². The lowest BCUT2D eigenvalue weighted by molar-refractivity contribution is -0.0135. The van der Waals surface area contributed by atoms with Crippen LogP contribution in [0.25, 0.3) is 0 Å². The van der Waals surface area contributed by atoms with E-state index in [4.69, 9.17) is 75.8 Å². The standard InChI is InChI=1S/C29H30O6.C15H30N6O6.C12H22N4O6/c1-29(20-2-8-23(9-3-20)30-14-26-17-33-26,21-4-10-24(11-5-21)31-15-27-18-34-27)22-6-12-25(13-7-22)32-16-28-19-35-28;1-22-7-19(8-23-2)13-16-14(20(9-24-3)10-25-4)18-15(17-13)21(11-26-5)12-27-6;1-19-5-13-9-10(15(7-21-3)11(13)17)16(8-22-4)12(18)14(9)6-20-2/h2-13,26-28H,14-19H2,1H3;7-12H2,1-6H3;9-10H,5-8H2,1-4H3. The first kappa shape index (κ1) is 65.0. The molecule has 0 radical (unpaired) electrons. The van der Waals surface area contributed by atoms with Crippen LogP contribution in [0.2, 0.25) is 0 Å². The Bertz CT molecular complexity index is 2270. The van der Waals surface area contributed by atoms with Gasteiger partial charge in [-0.2, -0.15) is 15.0 Å². The number of carbonyl (C=O) groups is 2. The highest BCUT2D eigenvalue weighted by atomic mass is 16.6. The van der Waals surface area contributed by atoms with E-state index in [9.17, 15) is 9.59 Å². The van der Waals surface area contributed by atoms with Crippen molar-refractivity contribution in [1.29, 1.82) is 0 Å². The number of urea groups is 2. The van der Waals surface area contributed by atoms with Gasteiger partial charge in [-0.3, -0.25) is 34.3 Å². The predicted molar refractivity (Wildman–Crippen MR) is 302 cm³/mol. The molecule has 3 unspecified atom stereocenters. The molecule has 4 aromatic rings. The molecule has 84 heavy (non-hydrogen) atoms. The number of anilines is 3. The molecule has 5 aliphatic rings. The Hall–Kier alpha value is -6.51. The number of aromatic nitrogens is 3. The van der Waals surface area contributed by atoms with Crippen molar-refractivity contribution in [2.45, 2.75) is 43.0 Å². The molecule has 0 bridgehead atoms. The fourth-order valence-corrected chi connectivity index (χ4v) is 9.22. The van der Waals surface area contributed by atoms with Crippen LogP contribution in [0.5, 0.6) is 17.2 Å². The van der Waals surface area contributed by atoms with Crippen molar-refractivity contribution >= 4 is 29.9 Å². The lowest BCUT2D eigenvalue weighted by Gasteiger charge is -2.32. The summed E-state index contributed by atoms with van der Waals surface area (Å²) in [5, 5.41) is 0. The maximum atomic E-state index is 12.6. The van der Waals surface area contributed by atoms with Crippen LogP contribution in [-0.2, 0) is 67.0 Å². The van der Waals surface area contributed by atoms with Gasteiger partial charge in [0, 0.05) is 76.5 Å². The van der Waals surface area contributed by atoms with Crippen LogP contribution < -0.4 is 28.9 Å². The highest BCUT2D eigenvalue weighted by Gasteiger charge is 2.59. The normalized spacial score (nSPS) is 19.9. The average molecular weight is 1180 g/mol. The summed E-state index contributed by atoms with van der Waals surface area (Å²) >= 11 is 0. The average Bonchev–Trinajstić information content (AvgIpc) is 3.22. The zero-order valence-electron chi connectivity index (χ0n) is 49.9. The third-order valence-corrected chi connectivity index (χ3v) is 13.6. The number of hydrogen-bond donors (Lipinski definition) is 0. The number of carbonyl (C=O) groups excluding carboxylic acids is 2. The van der Waals surface area contributed by atoms with E-state index < -0.39 is 12.3 Å². The monoisotopic (exact) mass is 1180 g/mol. The number of fused-ring (bicyclic) bond motifs is 1. The molecule has 0 saturated carbocycles. The van der Waals surface area contributed by atoms with Crippen LogP contribution in [-0.4, -0.2) is 255 Å². The van der Waals surface area contributed by atoms with E-state index in [1.54, 1.807) is 57.4 Å². The zero-order valence-corrected chi connectivity index (χ0v) is 49.9. The van der Waals surface area contributed by atoms with Crippen molar-refractivity contribution in [3.8, 4) is 17.2 Å². The second-order valence-corrected chi connectivity index (χ2v) is 19.8. The van der Waals surface area contributed by atoms with E-state index in [1.165, 1.54) is 64.7 Å². The van der Waals surface area contributed by atoms with Crippen molar-refractivity contribution in [3.05, 3.63) is 89.5 Å². The maximum Gasteiger partial charge on any atom is 0.327 e. The molecule has 5 fully saturated rings. The number of rotatable bonds is 35. The lowest BCUT2D eigenvalue weighted by Crippen LogP contribution is -2.48. The molecule has 28 nitrogen and oxygen atoms in total. The molecule has 0 spiro atoms. The first-order chi connectivity index (χ1) is 40.9. The van der Waals surface area contributed by atoms with Gasteiger partial charge in [-0.15, -0.1) is 0 Å². The van der Waals surface area contributed by atoms with Crippen molar-refractivity contribution in [2.24, 2.45) is 0 Å². The van der Waals surface area contributed by atoms with Gasteiger partial charge in [0.25, 0.3) is 0 Å². The summed E-state index contributed by atoms with van der Waals surface area (Å²) in [5.74, 6) is 3.66. The molecule has 5 aliphatic heterocycles. The van der Waals surface area contributed by atoms with Gasteiger partial charge in [0.05, 0.1) is 19.8 Å². The first-order valence-electron chi connectivity index (χ1n) is 27.0. The Morgan fingerprint density at radius 1 is 0.405 bits per heavy atom. The van der Waals surface area contributed by atoms with Gasteiger partial charge in [0.15, 0.2) is 12.3 Å². The number of epoxide rings is 3. The Morgan fingerprint density at radius 3 is 0.821 bits per heavy atom. The lowest BCUT2D eigenvalue weighted by atomic mass is 9.71. The van der Waals surface area contributed by atoms with Crippen LogP contribution in [0.3, 0.4) is 0 Å². The highest BCUT2D eigenvalue weighted by molar-refractivity contribution is 5.85. The summed E-state index contributed by atoms with van der Waals surface area (Å²) in [4.78, 5) is 49.7. The van der Waals surface area contributed by atoms with E-state index >= 15 is 0 Å². The minimum Gasteiger partial charge on any atom is -0.491 e. The van der Waals surface area contributed by atoms with E-state index in [-0.39, 0.29) is 103 Å². The van der Waals surface area contributed by atoms with Crippen LogP contribution in [0.1, 0.15) is 23.6 Å². The fourth-order valence-electron chi connectivity index (χ4n) is 9.22. The van der Waals surface area contributed by atoms with E-state index in [0.717, 1.165) is 37.1 Å². The second-order valence-electron chi connectivity index (χ2n) is 19.8. The Balaban J connectivity index is 0.000000187. The topological polar surface area (TPSA) is 253 Å². The Kier molecular flexibility index (Phi) is 25.3. The molecular weight excluding hydrogens is 1100 g/mol. The Labute approximate surface area is 490 Å². The Morgan fingerprint density at radius 2 is 0.631 bits per heavy atom. The van der Waals surface area contributed by atoms with Crippen molar-refractivity contribution < 1.29 is 85.4 Å². The molecular formula is C56H82N10O18. The van der Waals surface area contributed by atoms with Crippen molar-refractivity contribution in [3.63, 3.8) is 0 Å². The number of hydrogen-bond acceptors (Lipinski definition) is 24. The van der Waals surface area contributed by atoms with Gasteiger partial charge >= 0.3 is 12.1 Å². The van der Waals surface area contributed by atoms with Crippen LogP contribution in [0, 0.1) is 0 Å². The van der Waals surface area contributed by atoms with Gasteiger partial charge in [0.1, 0.15) is 123 Å². The molecule has 464 valence electrons. The van der Waals surface area contributed by atoms with Crippen LogP contribution in [0.15, 0.2) is 72.8 Å². The summed E-state index contributed by atoms with van der Waals surface area (Å²) < 4.78 is 85.1. The molecule has 3 aromatic carbocycles. The zero-order chi connectivity index (χ0) is 60.0. The fraction of sp³-hybridized carbons (Fsp3) is 0.589. The molecule has 0 N–H and O–H groups in total. The third kappa shape index (κ3) is 17.3. The van der Waals surface area contributed by atoms with Gasteiger partial charge in [-0.1, -0.05) is 36.4 Å². The summed E-state index contributed by atoms with van der Waals surface area (Å²) in [7, 11) is 15.4. The largest absolute Gasteiger partial charge is 0.491 e. The van der Waals surface area contributed by atoms with E-state index in [1.807, 2.05) is 36.4 Å². The smallest absolute Gasteiger partial charge is 0.327 e.